The first-order chi connectivity index (χ1) is 3.91. The minimum Gasteiger partial charge on any atom is -0.870 e. The molecule has 0 spiro atoms. The van der Waals surface area contributed by atoms with Gasteiger partial charge in [-0.3, -0.25) is 0 Å². The molecule has 0 aliphatic carbocycles. The molecule has 0 bridgehead atoms. The molecule has 0 fully saturated rings. The standard InChI is InChI=1S/C7H15.2H2O.Ti/c1-3-5-7-6-4-2;;;/h1,3-7H2,2H3;2*1H2;/q;;;+2/p-2. The maximum Gasteiger partial charge on any atom is -0.870 e. The Hall–Kier alpha value is 0.634. The Morgan fingerprint density at radius 1 is 0.900 bits per heavy atom. The molecule has 0 rings (SSSR count). The molecule has 0 amide bonds. The van der Waals surface area contributed by atoms with Crippen LogP contribution in [0.15, 0.2) is 0 Å². The first kappa shape index (κ1) is 16.9. The van der Waals surface area contributed by atoms with E-state index in [1.54, 1.807) is 0 Å². The molecule has 2 nitrogen and oxygen atoms in total. The zero-order chi connectivity index (χ0) is 6.24. The van der Waals surface area contributed by atoms with E-state index in [-0.39, 0.29) is 11.0 Å². The van der Waals surface area contributed by atoms with E-state index in [4.69, 9.17) is 0 Å². The van der Waals surface area contributed by atoms with Crippen LogP contribution in [-0.2, 0) is 20.4 Å². The molecule has 0 unspecified atom stereocenters. The van der Waals surface area contributed by atoms with E-state index in [2.05, 4.69) is 27.4 Å². The van der Waals surface area contributed by atoms with Crippen LogP contribution in [0.5, 0.6) is 0 Å². The zero-order valence-corrected chi connectivity index (χ0v) is 8.20. The summed E-state index contributed by atoms with van der Waals surface area (Å²) in [6.45, 7) is 2.26. The van der Waals surface area contributed by atoms with Crippen LogP contribution in [0.25, 0.3) is 0 Å². The first-order valence-corrected chi connectivity index (χ1v) is 4.66. The van der Waals surface area contributed by atoms with Gasteiger partial charge in [0.2, 0.25) is 0 Å². The summed E-state index contributed by atoms with van der Waals surface area (Å²) >= 11 is 2.26. The van der Waals surface area contributed by atoms with E-state index in [0.29, 0.717) is 0 Å². The molecule has 0 saturated carbocycles. The van der Waals surface area contributed by atoms with Crippen LogP contribution in [0.4, 0.5) is 0 Å². The Morgan fingerprint density at radius 3 is 1.80 bits per heavy atom. The summed E-state index contributed by atoms with van der Waals surface area (Å²) in [5.74, 6) is 0. The molecule has 0 saturated heterocycles. The summed E-state index contributed by atoms with van der Waals surface area (Å²) in [4.78, 5) is 0. The van der Waals surface area contributed by atoms with Crippen LogP contribution in [0.1, 0.15) is 39.0 Å². The van der Waals surface area contributed by atoms with Crippen LogP contribution in [-0.4, -0.2) is 11.0 Å². The maximum atomic E-state index is 2.26. The van der Waals surface area contributed by atoms with Gasteiger partial charge < -0.3 is 11.0 Å². The van der Waals surface area contributed by atoms with Crippen molar-refractivity contribution in [3.63, 3.8) is 0 Å². The quantitative estimate of drug-likeness (QED) is 0.483. The van der Waals surface area contributed by atoms with Gasteiger partial charge in [-0.2, -0.15) is 0 Å². The second-order valence-electron chi connectivity index (χ2n) is 2.16. The third-order valence-electron chi connectivity index (χ3n) is 1.28. The first-order valence-electron chi connectivity index (χ1n) is 3.56. The van der Waals surface area contributed by atoms with Gasteiger partial charge in [-0.15, -0.1) is 0 Å². The van der Waals surface area contributed by atoms with Gasteiger partial charge in [-0.1, -0.05) is 0 Å². The van der Waals surface area contributed by atoms with Crippen molar-refractivity contribution in [1.82, 2.24) is 0 Å². The molecular weight excluding hydrogens is 164 g/mol. The zero-order valence-electron chi connectivity index (χ0n) is 6.64. The summed E-state index contributed by atoms with van der Waals surface area (Å²) in [5, 5.41) is 0. The van der Waals surface area contributed by atoms with E-state index in [9.17, 15) is 0 Å². The summed E-state index contributed by atoms with van der Waals surface area (Å²) in [6, 6.07) is 0. The fraction of sp³-hybridized carbons (Fsp3) is 1.00. The molecule has 3 heteroatoms. The van der Waals surface area contributed by atoms with Crippen molar-refractivity contribution in [1.29, 1.82) is 0 Å². The van der Waals surface area contributed by atoms with Gasteiger partial charge in [0.1, 0.15) is 0 Å². The van der Waals surface area contributed by atoms with Gasteiger partial charge >= 0.3 is 64.2 Å². The fourth-order valence-corrected chi connectivity index (χ4v) is 1.12. The van der Waals surface area contributed by atoms with Crippen molar-refractivity contribution in [2.75, 3.05) is 0 Å². The van der Waals surface area contributed by atoms with Gasteiger partial charge in [0.15, 0.2) is 0 Å². The summed E-state index contributed by atoms with van der Waals surface area (Å²) < 4.78 is 1.36. The molecule has 0 heterocycles. The van der Waals surface area contributed by atoms with Crippen LogP contribution in [0.2, 0.25) is 4.73 Å². The molecule has 0 radical (unpaired) electrons. The Morgan fingerprint density at radius 2 is 1.40 bits per heavy atom. The van der Waals surface area contributed by atoms with E-state index in [0.717, 1.165) is 0 Å². The van der Waals surface area contributed by atoms with Gasteiger partial charge in [0.05, 0.1) is 0 Å². The third kappa shape index (κ3) is 15.9. The molecule has 0 aliphatic heterocycles. The second kappa shape index (κ2) is 16.3. The van der Waals surface area contributed by atoms with Gasteiger partial charge in [0.25, 0.3) is 0 Å². The topological polar surface area (TPSA) is 60.0 Å². The minimum absolute atomic E-state index is 0. The normalized spacial score (nSPS) is 7.90. The minimum atomic E-state index is 0. The predicted octanol–water partition coefficient (Wildman–Crippen LogP) is 2.57. The molecule has 0 aliphatic rings. The fourth-order valence-electron chi connectivity index (χ4n) is 0.729. The molecule has 0 aromatic heterocycles. The van der Waals surface area contributed by atoms with Crippen molar-refractivity contribution >= 4 is 0 Å². The van der Waals surface area contributed by atoms with E-state index in [1.165, 1.54) is 36.8 Å². The van der Waals surface area contributed by atoms with Gasteiger partial charge in [-0.05, 0) is 0 Å². The van der Waals surface area contributed by atoms with Crippen molar-refractivity contribution < 1.29 is 31.4 Å². The number of unbranched alkanes of at least 4 members (excludes halogenated alkanes) is 4. The maximum absolute atomic E-state index is 2.26. The van der Waals surface area contributed by atoms with Gasteiger partial charge in [0, 0.05) is 0 Å². The summed E-state index contributed by atoms with van der Waals surface area (Å²) in [6.07, 6.45) is 7.12. The number of hydrogen-bond donors (Lipinski definition) is 0. The molecule has 0 atom stereocenters. The molecular formula is C7H17O2Ti. The number of rotatable bonds is 5. The summed E-state index contributed by atoms with van der Waals surface area (Å²) in [5.41, 5.74) is 0. The van der Waals surface area contributed by atoms with Crippen molar-refractivity contribution in [2.24, 2.45) is 0 Å². The molecule has 0 aromatic rings. The van der Waals surface area contributed by atoms with E-state index >= 15 is 0 Å². The molecule has 2 N–H and O–H groups in total. The van der Waals surface area contributed by atoms with Crippen LogP contribution in [0.3, 0.4) is 0 Å². The Kier molecular flexibility index (Phi) is 27.6. The SMILES string of the molecule is CCCCCC[CH2][Ti+2].[OH-].[OH-]. The molecule has 0 aromatic carbocycles. The molecule has 10 heavy (non-hydrogen) atoms. The van der Waals surface area contributed by atoms with Crippen LogP contribution >= 0.6 is 0 Å². The van der Waals surface area contributed by atoms with Crippen molar-refractivity contribution in [3.05, 3.63) is 0 Å². The summed E-state index contributed by atoms with van der Waals surface area (Å²) in [7, 11) is 0. The monoisotopic (exact) mass is 181 g/mol. The van der Waals surface area contributed by atoms with Gasteiger partial charge in [-0.25, -0.2) is 0 Å². The Balaban J connectivity index is -0.000000245. The van der Waals surface area contributed by atoms with E-state index in [1.807, 2.05) is 0 Å². The molecule has 61 valence electrons. The predicted molar refractivity (Wildman–Crippen MR) is 37.4 cm³/mol. The van der Waals surface area contributed by atoms with Crippen molar-refractivity contribution in [2.45, 2.75) is 43.8 Å². The second-order valence-corrected chi connectivity index (χ2v) is 2.94. The van der Waals surface area contributed by atoms with E-state index < -0.39 is 0 Å². The van der Waals surface area contributed by atoms with Crippen LogP contribution < -0.4 is 0 Å². The van der Waals surface area contributed by atoms with Crippen LogP contribution in [0, 0.1) is 0 Å². The third-order valence-corrected chi connectivity index (χ3v) is 1.83. The average Bonchev–Trinajstić information content (AvgIpc) is 1.81. The largest absolute Gasteiger partial charge is 0.870 e. The number of hydrogen-bond acceptors (Lipinski definition) is 2. The smallest absolute Gasteiger partial charge is 0.870 e. The van der Waals surface area contributed by atoms with Crippen molar-refractivity contribution in [3.8, 4) is 0 Å². The average molecular weight is 181 g/mol. The Bertz CT molecular complexity index is 36.6. The Labute approximate surface area is 75.4 Å².